The lowest BCUT2D eigenvalue weighted by atomic mass is 10.0. The van der Waals surface area contributed by atoms with Gasteiger partial charge in [0.2, 0.25) is 0 Å². The molecule has 17 heavy (non-hydrogen) atoms. The maximum atomic E-state index is 7.45. The van der Waals surface area contributed by atoms with Crippen molar-refractivity contribution in [3.8, 4) is 0 Å². The number of pyridine rings is 1. The minimum Gasteiger partial charge on any atom is -0.384 e. The van der Waals surface area contributed by atoms with E-state index in [9.17, 15) is 0 Å². The average Bonchev–Trinajstić information content (AvgIpc) is 2.33. The molecule has 1 aromatic heterocycles. The third-order valence-corrected chi connectivity index (χ3v) is 4.81. The monoisotopic (exact) mass is 269 g/mol. The minimum atomic E-state index is 0.00268. The van der Waals surface area contributed by atoms with Crippen LogP contribution in [0.5, 0.6) is 0 Å². The quantitative estimate of drug-likeness (QED) is 0.653. The van der Waals surface area contributed by atoms with E-state index in [-0.39, 0.29) is 5.84 Å². The van der Waals surface area contributed by atoms with Gasteiger partial charge >= 0.3 is 0 Å². The number of hydrogen-bond donors (Lipinski definition) is 2. The molecule has 2 rings (SSSR count). The molecule has 1 aromatic rings. The van der Waals surface area contributed by atoms with E-state index >= 15 is 0 Å². The van der Waals surface area contributed by atoms with Crippen molar-refractivity contribution in [2.45, 2.75) is 42.4 Å². The van der Waals surface area contributed by atoms with Gasteiger partial charge in [0.25, 0.3) is 0 Å². The summed E-state index contributed by atoms with van der Waals surface area (Å²) < 4.78 is 0. The highest BCUT2D eigenvalue weighted by atomic mass is 35.5. The van der Waals surface area contributed by atoms with Gasteiger partial charge in [-0.25, -0.2) is 4.98 Å². The molecule has 1 fully saturated rings. The van der Waals surface area contributed by atoms with Crippen molar-refractivity contribution in [3.05, 3.63) is 22.8 Å². The maximum Gasteiger partial charge on any atom is 0.124 e. The van der Waals surface area contributed by atoms with Crippen molar-refractivity contribution >= 4 is 29.2 Å². The van der Waals surface area contributed by atoms with Crippen LogP contribution in [-0.2, 0) is 0 Å². The second-order valence-corrected chi connectivity index (χ2v) is 5.94. The van der Waals surface area contributed by atoms with Crippen LogP contribution in [0.15, 0.2) is 17.3 Å². The molecule has 0 aliphatic heterocycles. The predicted octanol–water partition coefficient (Wildman–Crippen LogP) is 3.44. The third kappa shape index (κ3) is 3.13. The lowest BCUT2D eigenvalue weighted by Gasteiger charge is -2.21. The second kappa shape index (κ2) is 5.74. The van der Waals surface area contributed by atoms with Gasteiger partial charge in [-0.2, -0.15) is 0 Å². The molecule has 3 N–H and O–H groups in total. The van der Waals surface area contributed by atoms with Gasteiger partial charge in [-0.3, -0.25) is 5.41 Å². The summed E-state index contributed by atoms with van der Waals surface area (Å²) in [5.74, 6) is 0.00268. The number of aromatic nitrogens is 1. The smallest absolute Gasteiger partial charge is 0.124 e. The summed E-state index contributed by atoms with van der Waals surface area (Å²) >= 11 is 7.95. The lowest BCUT2D eigenvalue weighted by Crippen LogP contribution is -2.13. The van der Waals surface area contributed by atoms with Gasteiger partial charge in [-0.05, 0) is 18.9 Å². The standard InChI is InChI=1S/C12H16ClN3S/c13-10-9(11(14)15)6-7-16-12(10)17-8-4-2-1-3-5-8/h6-8H,1-5H2,(H3,14,15). The van der Waals surface area contributed by atoms with E-state index < -0.39 is 0 Å². The van der Waals surface area contributed by atoms with Crippen LogP contribution in [0.4, 0.5) is 0 Å². The first-order valence-electron chi connectivity index (χ1n) is 5.84. The normalized spacial score (nSPS) is 17.0. The van der Waals surface area contributed by atoms with Gasteiger partial charge in [0.15, 0.2) is 0 Å². The zero-order valence-corrected chi connectivity index (χ0v) is 11.2. The van der Waals surface area contributed by atoms with E-state index in [1.165, 1.54) is 32.1 Å². The van der Waals surface area contributed by atoms with Crippen molar-refractivity contribution in [1.82, 2.24) is 4.98 Å². The second-order valence-electron chi connectivity index (χ2n) is 4.27. The summed E-state index contributed by atoms with van der Waals surface area (Å²) in [6.07, 6.45) is 8.06. The molecular formula is C12H16ClN3S. The first kappa shape index (κ1) is 12.7. The molecule has 1 heterocycles. The van der Waals surface area contributed by atoms with Gasteiger partial charge < -0.3 is 5.73 Å². The molecule has 92 valence electrons. The van der Waals surface area contributed by atoms with E-state index in [0.717, 1.165) is 5.03 Å². The van der Waals surface area contributed by atoms with Crippen molar-refractivity contribution in [2.24, 2.45) is 5.73 Å². The molecule has 1 saturated carbocycles. The number of nitrogens with one attached hydrogen (secondary N) is 1. The molecule has 0 unspecified atom stereocenters. The number of nitrogens with zero attached hydrogens (tertiary/aromatic N) is 1. The average molecular weight is 270 g/mol. The highest BCUT2D eigenvalue weighted by Gasteiger charge is 2.18. The lowest BCUT2D eigenvalue weighted by molar-refractivity contribution is 0.516. The van der Waals surface area contributed by atoms with Crippen LogP contribution in [-0.4, -0.2) is 16.1 Å². The summed E-state index contributed by atoms with van der Waals surface area (Å²) in [7, 11) is 0. The Labute approximate surface area is 111 Å². The molecule has 0 aromatic carbocycles. The summed E-state index contributed by atoms with van der Waals surface area (Å²) in [6.45, 7) is 0. The Morgan fingerprint density at radius 2 is 2.12 bits per heavy atom. The van der Waals surface area contributed by atoms with Gasteiger partial charge in [-0.15, -0.1) is 11.8 Å². The number of nitrogens with two attached hydrogens (primary N) is 1. The number of hydrogen-bond acceptors (Lipinski definition) is 3. The molecule has 0 atom stereocenters. The molecule has 0 bridgehead atoms. The molecule has 0 radical (unpaired) electrons. The van der Waals surface area contributed by atoms with Crippen LogP contribution in [0, 0.1) is 5.41 Å². The van der Waals surface area contributed by atoms with Gasteiger partial charge in [0.1, 0.15) is 10.9 Å². The predicted molar refractivity (Wildman–Crippen MR) is 73.0 cm³/mol. The molecule has 0 amide bonds. The van der Waals surface area contributed by atoms with Crippen LogP contribution >= 0.6 is 23.4 Å². The zero-order valence-electron chi connectivity index (χ0n) is 9.58. The first-order valence-corrected chi connectivity index (χ1v) is 7.10. The van der Waals surface area contributed by atoms with E-state index in [0.29, 0.717) is 15.8 Å². The van der Waals surface area contributed by atoms with Crippen LogP contribution in [0.25, 0.3) is 0 Å². The Bertz CT molecular complexity index is 416. The Morgan fingerprint density at radius 1 is 1.41 bits per heavy atom. The highest BCUT2D eigenvalue weighted by Crippen LogP contribution is 2.36. The molecule has 5 heteroatoms. The Morgan fingerprint density at radius 3 is 2.76 bits per heavy atom. The van der Waals surface area contributed by atoms with Crippen LogP contribution in [0.3, 0.4) is 0 Å². The maximum absolute atomic E-state index is 7.45. The van der Waals surface area contributed by atoms with E-state index in [1.54, 1.807) is 24.0 Å². The minimum absolute atomic E-state index is 0.00268. The topological polar surface area (TPSA) is 62.8 Å². The molecule has 1 aliphatic carbocycles. The Hall–Kier alpha value is -0.740. The van der Waals surface area contributed by atoms with Crippen LogP contribution in [0.2, 0.25) is 5.02 Å². The highest BCUT2D eigenvalue weighted by molar-refractivity contribution is 8.00. The number of thioether (sulfide) groups is 1. The van der Waals surface area contributed by atoms with Crippen molar-refractivity contribution in [2.75, 3.05) is 0 Å². The third-order valence-electron chi connectivity index (χ3n) is 2.98. The number of amidine groups is 1. The van der Waals surface area contributed by atoms with E-state index in [2.05, 4.69) is 4.98 Å². The van der Waals surface area contributed by atoms with E-state index in [1.807, 2.05) is 0 Å². The Kier molecular flexibility index (Phi) is 4.29. The Balaban J connectivity index is 2.15. The molecule has 0 spiro atoms. The molecule has 3 nitrogen and oxygen atoms in total. The van der Waals surface area contributed by atoms with Gasteiger partial charge in [-0.1, -0.05) is 30.9 Å². The fourth-order valence-corrected chi connectivity index (χ4v) is 3.62. The van der Waals surface area contributed by atoms with Crippen molar-refractivity contribution in [1.29, 1.82) is 5.41 Å². The number of halogens is 1. The number of nitrogen functional groups attached to an aromatic ring is 1. The summed E-state index contributed by atoms with van der Waals surface area (Å²) in [5, 5.41) is 9.39. The van der Waals surface area contributed by atoms with Gasteiger partial charge in [0.05, 0.1) is 5.02 Å². The molecular weight excluding hydrogens is 254 g/mol. The van der Waals surface area contributed by atoms with Gasteiger partial charge in [0, 0.05) is 17.0 Å². The van der Waals surface area contributed by atoms with E-state index in [4.69, 9.17) is 22.7 Å². The fraction of sp³-hybridized carbons (Fsp3) is 0.500. The zero-order chi connectivity index (χ0) is 12.3. The largest absolute Gasteiger partial charge is 0.384 e. The van der Waals surface area contributed by atoms with Crippen molar-refractivity contribution in [3.63, 3.8) is 0 Å². The summed E-state index contributed by atoms with van der Waals surface area (Å²) in [6, 6.07) is 1.69. The van der Waals surface area contributed by atoms with Crippen LogP contribution < -0.4 is 5.73 Å². The summed E-state index contributed by atoms with van der Waals surface area (Å²) in [5.41, 5.74) is 6.06. The van der Waals surface area contributed by atoms with Crippen LogP contribution in [0.1, 0.15) is 37.7 Å². The molecule has 1 aliphatic rings. The fourth-order valence-electron chi connectivity index (χ4n) is 2.06. The summed E-state index contributed by atoms with van der Waals surface area (Å²) in [4.78, 5) is 4.29. The van der Waals surface area contributed by atoms with Crippen molar-refractivity contribution < 1.29 is 0 Å². The SMILES string of the molecule is N=C(N)c1ccnc(SC2CCCCC2)c1Cl. The first-order chi connectivity index (χ1) is 8.18. The number of rotatable bonds is 3. The molecule has 0 saturated heterocycles.